The average molecular weight is 882 g/mol. The Hall–Kier alpha value is -6.64. The lowest BCUT2D eigenvalue weighted by Crippen LogP contribution is -2.60. The van der Waals surface area contributed by atoms with Gasteiger partial charge in [0.25, 0.3) is 0 Å². The summed E-state index contributed by atoms with van der Waals surface area (Å²) in [5, 5.41) is 33.0. The number of benzene rings is 2. The average Bonchev–Trinajstić information content (AvgIpc) is 3.22. The van der Waals surface area contributed by atoms with Crippen LogP contribution in [0.2, 0.25) is 0 Å². The van der Waals surface area contributed by atoms with Crippen molar-refractivity contribution >= 4 is 47.4 Å². The number of phenols is 2. The molecule has 6 amide bonds. The van der Waals surface area contributed by atoms with Gasteiger partial charge in [-0.1, -0.05) is 58.4 Å². The quantitative estimate of drug-likeness (QED) is 0.0271. The Balaban J connectivity index is 2.43. The van der Waals surface area contributed by atoms with Crippen LogP contribution >= 0.6 is 0 Å². The third-order valence-corrected chi connectivity index (χ3v) is 10.1. The van der Waals surface area contributed by atoms with Crippen LogP contribution in [0.3, 0.4) is 0 Å². The fourth-order valence-electron chi connectivity index (χ4n) is 6.28. The van der Waals surface area contributed by atoms with Gasteiger partial charge in [-0.05, 0) is 79.3 Å². The molecule has 0 fully saturated rings. The monoisotopic (exact) mass is 882 g/mol. The number of phenolic OH excluding ortho intramolecular Hbond substituents is 2. The number of rotatable bonds is 27. The number of guanidine groups is 2. The Labute approximate surface area is 368 Å². The zero-order chi connectivity index (χ0) is 47.2. The van der Waals surface area contributed by atoms with E-state index in [0.717, 1.165) is 0 Å². The molecule has 21 heteroatoms. The highest BCUT2D eigenvalue weighted by atomic mass is 16.3. The van der Waals surface area contributed by atoms with E-state index in [0.29, 0.717) is 17.5 Å². The Morgan fingerprint density at radius 2 is 0.921 bits per heavy atom. The van der Waals surface area contributed by atoms with Crippen molar-refractivity contribution in [3.05, 3.63) is 59.7 Å². The smallest absolute Gasteiger partial charge is 0.243 e. The number of amides is 6. The second kappa shape index (κ2) is 26.6. The highest BCUT2D eigenvalue weighted by molar-refractivity contribution is 5.96. The second-order valence-corrected chi connectivity index (χ2v) is 15.9. The largest absolute Gasteiger partial charge is 0.508 e. The van der Waals surface area contributed by atoms with Gasteiger partial charge in [0.2, 0.25) is 35.4 Å². The minimum absolute atomic E-state index is 0.00144. The number of aliphatic imine (C=N–C) groups is 2. The van der Waals surface area contributed by atoms with Gasteiger partial charge in [-0.2, -0.15) is 0 Å². The van der Waals surface area contributed by atoms with Crippen LogP contribution in [0.15, 0.2) is 58.5 Å². The van der Waals surface area contributed by atoms with Gasteiger partial charge in [0.15, 0.2) is 11.9 Å². The van der Waals surface area contributed by atoms with Crippen molar-refractivity contribution in [2.24, 2.45) is 56.2 Å². The van der Waals surface area contributed by atoms with Gasteiger partial charge in [-0.3, -0.25) is 38.8 Å². The standard InChI is InChI=1S/C42H67N13O8/c1-5-24(4)34(43)40(63)55-33(22-26-12-16-28(57)17-13-26)39(62)52-30(9-7-19-50-42(47)48)37(60)54-32(20-23(2)3)38(61)51-29(8-6-18-49-41(45)46)36(59)53-31(35(44)58)21-25-10-14-27(56)15-11-25/h10-17,23-24,29-34,56-57H,5-9,18-22,43H2,1-4H3,(H2,44,58)(H,51,61)(H,52,62)(H,53,59)(H,54,60)(H,55,63)(H4,45,46,49)(H4,47,48,50)/t24-,29-,30-,31-,32-,33-,34-/m0/s1. The molecule has 19 N–H and O–H groups in total. The summed E-state index contributed by atoms with van der Waals surface area (Å²) in [5.74, 6) is -5.11. The molecule has 0 unspecified atom stereocenters. The molecular formula is C42H67N13O8. The van der Waals surface area contributed by atoms with Crippen molar-refractivity contribution in [1.29, 1.82) is 0 Å². The first-order chi connectivity index (χ1) is 29.7. The number of nitrogens with zero attached hydrogens (tertiary/aromatic N) is 2. The maximum absolute atomic E-state index is 14.2. The first kappa shape index (κ1) is 52.5. The van der Waals surface area contributed by atoms with Crippen molar-refractivity contribution in [3.63, 3.8) is 0 Å². The number of aromatic hydroxyl groups is 2. The molecule has 0 aliphatic rings. The molecule has 0 aromatic heterocycles. The van der Waals surface area contributed by atoms with E-state index in [1.807, 2.05) is 20.8 Å². The van der Waals surface area contributed by atoms with Gasteiger partial charge >= 0.3 is 0 Å². The van der Waals surface area contributed by atoms with Gasteiger partial charge in [-0.25, -0.2) is 0 Å². The zero-order valence-electron chi connectivity index (χ0n) is 36.5. The Morgan fingerprint density at radius 1 is 0.556 bits per heavy atom. The van der Waals surface area contributed by atoms with E-state index < -0.39 is 71.7 Å². The van der Waals surface area contributed by atoms with Crippen LogP contribution in [-0.2, 0) is 41.6 Å². The molecule has 0 aliphatic heterocycles. The number of primary amides is 1. The summed E-state index contributed by atoms with van der Waals surface area (Å²) >= 11 is 0. The molecule has 0 radical (unpaired) electrons. The van der Waals surface area contributed by atoms with Gasteiger partial charge in [0.05, 0.1) is 6.04 Å². The van der Waals surface area contributed by atoms with Crippen molar-refractivity contribution in [3.8, 4) is 11.5 Å². The van der Waals surface area contributed by atoms with Crippen LogP contribution in [0.5, 0.6) is 11.5 Å². The fourth-order valence-corrected chi connectivity index (χ4v) is 6.28. The van der Waals surface area contributed by atoms with E-state index >= 15 is 0 Å². The summed E-state index contributed by atoms with van der Waals surface area (Å²) in [7, 11) is 0. The molecule has 0 bridgehead atoms. The van der Waals surface area contributed by atoms with Crippen molar-refractivity contribution in [2.75, 3.05) is 13.1 Å². The summed E-state index contributed by atoms with van der Waals surface area (Å²) in [4.78, 5) is 89.7. The number of carbonyl (C=O) groups is 6. The predicted molar refractivity (Wildman–Crippen MR) is 239 cm³/mol. The summed E-state index contributed by atoms with van der Waals surface area (Å²) in [6.45, 7) is 7.54. The van der Waals surface area contributed by atoms with E-state index in [-0.39, 0.29) is 93.3 Å². The normalized spacial score (nSPS) is 14.3. The minimum atomic E-state index is -1.27. The van der Waals surface area contributed by atoms with Crippen LogP contribution < -0.4 is 61.0 Å². The van der Waals surface area contributed by atoms with Gasteiger partial charge in [0, 0.05) is 25.9 Å². The lowest BCUT2D eigenvalue weighted by Gasteiger charge is -2.28. The maximum atomic E-state index is 14.2. The predicted octanol–water partition coefficient (Wildman–Crippen LogP) is -1.68. The molecule has 348 valence electrons. The fraction of sp³-hybridized carbons (Fsp3) is 0.524. The maximum Gasteiger partial charge on any atom is 0.243 e. The lowest BCUT2D eigenvalue weighted by molar-refractivity contribution is -0.135. The highest BCUT2D eigenvalue weighted by Gasteiger charge is 2.33. The van der Waals surface area contributed by atoms with Gasteiger partial charge < -0.3 is 71.2 Å². The molecule has 63 heavy (non-hydrogen) atoms. The third-order valence-electron chi connectivity index (χ3n) is 10.1. The number of nitrogens with two attached hydrogens (primary N) is 6. The molecule has 2 aromatic carbocycles. The molecular weight excluding hydrogens is 815 g/mol. The molecule has 0 saturated heterocycles. The molecule has 2 aromatic rings. The lowest BCUT2D eigenvalue weighted by atomic mass is 9.98. The van der Waals surface area contributed by atoms with Crippen LogP contribution in [0.25, 0.3) is 0 Å². The van der Waals surface area contributed by atoms with E-state index in [4.69, 9.17) is 34.4 Å². The zero-order valence-corrected chi connectivity index (χ0v) is 36.5. The van der Waals surface area contributed by atoms with E-state index in [2.05, 4.69) is 36.6 Å². The van der Waals surface area contributed by atoms with Crippen LogP contribution in [0, 0.1) is 11.8 Å². The Morgan fingerprint density at radius 3 is 1.32 bits per heavy atom. The van der Waals surface area contributed by atoms with Crippen molar-refractivity contribution < 1.29 is 39.0 Å². The topological polar surface area (TPSA) is 384 Å². The molecule has 0 aliphatic carbocycles. The van der Waals surface area contributed by atoms with Crippen LogP contribution in [0.4, 0.5) is 0 Å². The van der Waals surface area contributed by atoms with E-state index in [1.165, 1.54) is 24.3 Å². The summed E-state index contributed by atoms with van der Waals surface area (Å²) in [5.41, 5.74) is 35.0. The number of nitrogens with one attached hydrogen (secondary N) is 5. The molecule has 21 nitrogen and oxygen atoms in total. The summed E-state index contributed by atoms with van der Waals surface area (Å²) < 4.78 is 0. The van der Waals surface area contributed by atoms with Gasteiger partial charge in [-0.15, -0.1) is 0 Å². The van der Waals surface area contributed by atoms with Crippen molar-refractivity contribution in [2.45, 2.75) is 115 Å². The SMILES string of the molecule is CC[C@H](C)[C@H](N)C(=O)N[C@@H](Cc1ccc(O)cc1)C(=O)N[C@@H](CCCN=C(N)N)C(=O)N[C@@H](CC(C)C)C(=O)N[C@@H](CCCN=C(N)N)C(=O)N[C@@H](Cc1ccc(O)cc1)C(N)=O. The number of carbonyl (C=O) groups excluding carboxylic acids is 6. The first-order valence-electron chi connectivity index (χ1n) is 20.9. The molecule has 0 spiro atoms. The molecule has 0 heterocycles. The first-order valence-corrected chi connectivity index (χ1v) is 20.9. The van der Waals surface area contributed by atoms with E-state index in [9.17, 15) is 39.0 Å². The second-order valence-electron chi connectivity index (χ2n) is 15.9. The molecule has 2 rings (SSSR count). The molecule has 7 atom stereocenters. The molecule has 0 saturated carbocycles. The highest BCUT2D eigenvalue weighted by Crippen LogP contribution is 2.15. The van der Waals surface area contributed by atoms with Crippen molar-refractivity contribution in [1.82, 2.24) is 26.6 Å². The van der Waals surface area contributed by atoms with Crippen LogP contribution in [0.1, 0.15) is 77.3 Å². The Kier molecular flexibility index (Phi) is 22.2. The van der Waals surface area contributed by atoms with Gasteiger partial charge in [0.1, 0.15) is 41.7 Å². The number of hydrogen-bond acceptors (Lipinski definition) is 11. The number of hydrogen-bond donors (Lipinski definition) is 13. The Bertz CT molecular complexity index is 1870. The summed E-state index contributed by atoms with van der Waals surface area (Å²) in [6.07, 6.45) is 1.13. The third kappa shape index (κ3) is 19.7. The van der Waals surface area contributed by atoms with E-state index in [1.54, 1.807) is 31.2 Å². The minimum Gasteiger partial charge on any atom is -0.508 e. The van der Waals surface area contributed by atoms with Crippen LogP contribution in [-0.4, -0.2) is 107 Å². The summed E-state index contributed by atoms with van der Waals surface area (Å²) in [6, 6.07) is 4.93.